The molecule has 3 rings (SSSR count). The fraction of sp³-hybridized carbons (Fsp3) is 0.200. The summed E-state index contributed by atoms with van der Waals surface area (Å²) in [5.41, 5.74) is 2.24. The molecule has 1 N–H and O–H groups in total. The predicted octanol–water partition coefficient (Wildman–Crippen LogP) is 4.05. The van der Waals surface area contributed by atoms with Crippen LogP contribution < -0.4 is 5.32 Å². The molecule has 0 aliphatic heterocycles. The van der Waals surface area contributed by atoms with Crippen molar-refractivity contribution < 1.29 is 18.4 Å². The summed E-state index contributed by atoms with van der Waals surface area (Å²) in [4.78, 5) is 31.9. The number of benzene rings is 1. The highest BCUT2D eigenvalue weighted by molar-refractivity contribution is 14.1. The van der Waals surface area contributed by atoms with Crippen LogP contribution in [0.15, 0.2) is 47.5 Å². The van der Waals surface area contributed by atoms with Crippen LogP contribution in [0.3, 0.4) is 0 Å². The van der Waals surface area contributed by atoms with E-state index in [9.17, 15) is 14.0 Å². The zero-order chi connectivity index (χ0) is 20.1. The Morgan fingerprint density at radius 1 is 1.25 bits per heavy atom. The van der Waals surface area contributed by atoms with Gasteiger partial charge in [-0.1, -0.05) is 6.07 Å². The van der Waals surface area contributed by atoms with Crippen LogP contribution in [0.2, 0.25) is 0 Å². The van der Waals surface area contributed by atoms with Gasteiger partial charge in [0, 0.05) is 27.4 Å². The first-order chi connectivity index (χ1) is 13.5. The Bertz CT molecular complexity index is 1020. The van der Waals surface area contributed by atoms with Gasteiger partial charge in [0.25, 0.3) is 5.91 Å². The molecule has 144 valence electrons. The molecule has 0 aliphatic rings. The van der Waals surface area contributed by atoms with Gasteiger partial charge in [-0.3, -0.25) is 14.6 Å². The zero-order valence-electron chi connectivity index (χ0n) is 15.0. The Morgan fingerprint density at radius 2 is 2.07 bits per heavy atom. The van der Waals surface area contributed by atoms with Gasteiger partial charge >= 0.3 is 0 Å². The van der Waals surface area contributed by atoms with Crippen molar-refractivity contribution in [2.24, 2.45) is 0 Å². The molecule has 2 heterocycles. The third-order valence-electron chi connectivity index (χ3n) is 4.08. The minimum Gasteiger partial charge on any atom is -0.443 e. The second-order valence-corrected chi connectivity index (χ2v) is 7.31. The van der Waals surface area contributed by atoms with Crippen LogP contribution >= 0.6 is 22.6 Å². The SMILES string of the molecule is CC(=O)c1ccc(-c2ocnc2C(=O)NCCCc2cncc(F)c2)cc1I. The number of carbonyl (C=O) groups is 2. The van der Waals surface area contributed by atoms with E-state index in [4.69, 9.17) is 4.42 Å². The minimum atomic E-state index is -0.376. The number of amides is 1. The Balaban J connectivity index is 1.63. The first-order valence-corrected chi connectivity index (χ1v) is 9.65. The van der Waals surface area contributed by atoms with Gasteiger partial charge < -0.3 is 9.73 Å². The molecule has 0 fully saturated rings. The van der Waals surface area contributed by atoms with E-state index in [1.165, 1.54) is 19.4 Å². The maximum atomic E-state index is 13.1. The molecule has 0 bridgehead atoms. The number of ketones is 1. The molecular formula is C20H17FIN3O3. The number of hydrogen-bond donors (Lipinski definition) is 1. The van der Waals surface area contributed by atoms with Gasteiger partial charge in [-0.05, 0) is 66.1 Å². The Kier molecular flexibility index (Phi) is 6.50. The average molecular weight is 493 g/mol. The lowest BCUT2D eigenvalue weighted by Gasteiger charge is -2.06. The highest BCUT2D eigenvalue weighted by Gasteiger charge is 2.19. The second-order valence-electron chi connectivity index (χ2n) is 6.15. The standard InChI is InChI=1S/C20H17FIN3O3/c1-12(26)16-5-4-14(8-17(16)22)19-18(25-11-28-19)20(27)24-6-2-3-13-7-15(21)10-23-9-13/h4-5,7-11H,2-3,6H2,1H3,(H,24,27). The van der Waals surface area contributed by atoms with Crippen LogP contribution in [-0.4, -0.2) is 28.2 Å². The Labute approximate surface area is 174 Å². The highest BCUT2D eigenvalue weighted by atomic mass is 127. The van der Waals surface area contributed by atoms with E-state index in [-0.39, 0.29) is 23.2 Å². The first-order valence-electron chi connectivity index (χ1n) is 8.57. The molecular weight excluding hydrogens is 476 g/mol. The van der Waals surface area contributed by atoms with E-state index in [1.807, 2.05) is 0 Å². The van der Waals surface area contributed by atoms with E-state index in [0.29, 0.717) is 36.3 Å². The van der Waals surface area contributed by atoms with E-state index < -0.39 is 0 Å². The van der Waals surface area contributed by atoms with Gasteiger partial charge in [-0.2, -0.15) is 0 Å². The van der Waals surface area contributed by atoms with Crippen molar-refractivity contribution in [3.8, 4) is 11.3 Å². The number of carbonyl (C=O) groups excluding carboxylic acids is 2. The summed E-state index contributed by atoms with van der Waals surface area (Å²) in [7, 11) is 0. The van der Waals surface area contributed by atoms with Crippen molar-refractivity contribution in [1.82, 2.24) is 15.3 Å². The predicted molar refractivity (Wildman–Crippen MR) is 110 cm³/mol. The van der Waals surface area contributed by atoms with Gasteiger partial charge in [0.15, 0.2) is 23.6 Å². The summed E-state index contributed by atoms with van der Waals surface area (Å²) >= 11 is 2.08. The summed E-state index contributed by atoms with van der Waals surface area (Å²) in [5, 5.41) is 2.79. The monoisotopic (exact) mass is 493 g/mol. The second kappa shape index (κ2) is 9.05. The number of hydrogen-bond acceptors (Lipinski definition) is 5. The largest absolute Gasteiger partial charge is 0.443 e. The van der Waals surface area contributed by atoms with Crippen molar-refractivity contribution in [2.45, 2.75) is 19.8 Å². The third-order valence-corrected chi connectivity index (χ3v) is 4.97. The normalized spacial score (nSPS) is 10.7. The van der Waals surface area contributed by atoms with Crippen LogP contribution in [0.1, 0.15) is 39.8 Å². The number of Topliss-reactive ketones (excluding diaryl/α,β-unsaturated/α-hetero) is 1. The number of nitrogens with zero attached hydrogens (tertiary/aromatic N) is 2. The molecule has 0 aliphatic carbocycles. The number of pyridine rings is 1. The van der Waals surface area contributed by atoms with Gasteiger partial charge in [0.05, 0.1) is 6.20 Å². The molecule has 0 atom stereocenters. The molecule has 0 saturated carbocycles. The number of aromatic nitrogens is 2. The van der Waals surface area contributed by atoms with E-state index in [1.54, 1.807) is 24.4 Å². The molecule has 8 heteroatoms. The molecule has 1 amide bonds. The molecule has 28 heavy (non-hydrogen) atoms. The van der Waals surface area contributed by atoms with Crippen molar-refractivity contribution in [1.29, 1.82) is 0 Å². The van der Waals surface area contributed by atoms with Gasteiger partial charge in [0.1, 0.15) is 5.82 Å². The van der Waals surface area contributed by atoms with Crippen molar-refractivity contribution in [3.05, 3.63) is 69.3 Å². The molecule has 3 aromatic rings. The maximum Gasteiger partial charge on any atom is 0.273 e. The smallest absolute Gasteiger partial charge is 0.273 e. The summed E-state index contributed by atoms with van der Waals surface area (Å²) < 4.78 is 19.3. The topological polar surface area (TPSA) is 85.1 Å². The van der Waals surface area contributed by atoms with E-state index in [2.05, 4.69) is 37.9 Å². The fourth-order valence-electron chi connectivity index (χ4n) is 2.73. The van der Waals surface area contributed by atoms with E-state index >= 15 is 0 Å². The lowest BCUT2D eigenvalue weighted by atomic mass is 10.1. The summed E-state index contributed by atoms with van der Waals surface area (Å²) in [6.45, 7) is 1.91. The quantitative estimate of drug-likeness (QED) is 0.305. The third kappa shape index (κ3) is 4.80. The van der Waals surface area contributed by atoms with Crippen LogP contribution in [0.5, 0.6) is 0 Å². The summed E-state index contributed by atoms with van der Waals surface area (Å²) in [6.07, 6.45) is 5.21. The lowest BCUT2D eigenvalue weighted by molar-refractivity contribution is 0.0948. The number of rotatable bonds is 7. The Hall–Kier alpha value is -2.62. The Morgan fingerprint density at radius 3 is 2.79 bits per heavy atom. The van der Waals surface area contributed by atoms with Gasteiger partial charge in [-0.15, -0.1) is 0 Å². The maximum absolute atomic E-state index is 13.1. The summed E-state index contributed by atoms with van der Waals surface area (Å²) in [5.74, 6) is -0.411. The number of halogens is 2. The minimum absolute atomic E-state index is 0.0278. The number of aryl methyl sites for hydroxylation is 1. The number of oxazole rings is 1. The van der Waals surface area contributed by atoms with Crippen LogP contribution in [0.25, 0.3) is 11.3 Å². The lowest BCUT2D eigenvalue weighted by Crippen LogP contribution is -2.25. The highest BCUT2D eigenvalue weighted by Crippen LogP contribution is 2.26. The van der Waals surface area contributed by atoms with Crippen molar-refractivity contribution in [2.75, 3.05) is 6.54 Å². The fourth-order valence-corrected chi connectivity index (χ4v) is 3.62. The average Bonchev–Trinajstić information content (AvgIpc) is 3.14. The summed E-state index contributed by atoms with van der Waals surface area (Å²) in [6, 6.07) is 6.65. The molecule has 0 radical (unpaired) electrons. The molecule has 0 unspecified atom stereocenters. The van der Waals surface area contributed by atoms with Crippen LogP contribution in [0.4, 0.5) is 4.39 Å². The van der Waals surface area contributed by atoms with Crippen LogP contribution in [-0.2, 0) is 6.42 Å². The van der Waals surface area contributed by atoms with Gasteiger partial charge in [0.2, 0.25) is 0 Å². The van der Waals surface area contributed by atoms with Gasteiger partial charge in [-0.25, -0.2) is 9.37 Å². The van der Waals surface area contributed by atoms with Crippen molar-refractivity contribution >= 4 is 34.3 Å². The van der Waals surface area contributed by atoms with Crippen LogP contribution in [0, 0.1) is 9.39 Å². The molecule has 2 aromatic heterocycles. The van der Waals surface area contributed by atoms with E-state index in [0.717, 1.165) is 15.3 Å². The zero-order valence-corrected chi connectivity index (χ0v) is 17.2. The first kappa shape index (κ1) is 20.1. The molecule has 1 aromatic carbocycles. The van der Waals surface area contributed by atoms with Crippen molar-refractivity contribution in [3.63, 3.8) is 0 Å². The molecule has 0 spiro atoms. The number of nitrogens with one attached hydrogen (secondary N) is 1. The molecule has 0 saturated heterocycles. The molecule has 6 nitrogen and oxygen atoms in total.